The fourth-order valence-corrected chi connectivity index (χ4v) is 7.92. The van der Waals surface area contributed by atoms with Crippen LogP contribution in [-0.2, 0) is 14.4 Å². The monoisotopic (exact) mass is 881 g/mol. The summed E-state index contributed by atoms with van der Waals surface area (Å²) in [5.41, 5.74) is 0. The largest absolute Gasteiger partial charge is 2.00 e. The molecule has 62 heavy (non-hydrogen) atoms. The van der Waals surface area contributed by atoms with E-state index >= 15 is 0 Å². The molecule has 0 rings (SSSR count). The second kappa shape index (κ2) is 67.4. The van der Waals surface area contributed by atoms with Gasteiger partial charge in [-0.25, -0.2) is 0 Å². The van der Waals surface area contributed by atoms with E-state index in [1.807, 2.05) is 0 Å². The molecular formula is C54H105LiMgO6. The average molecular weight is 882 g/mol. The van der Waals surface area contributed by atoms with Gasteiger partial charge in [0.2, 0.25) is 0 Å². The molecule has 0 amide bonds. The molecule has 0 spiro atoms. The Morgan fingerprint density at radius 2 is 0.323 bits per heavy atom. The van der Waals surface area contributed by atoms with Crippen LogP contribution in [0.3, 0.4) is 0 Å². The molecule has 0 aromatic rings. The van der Waals surface area contributed by atoms with Crippen LogP contribution < -0.4 is 34.2 Å². The fraction of sp³-hybridized carbons (Fsp3) is 0.944. The first-order valence-corrected chi connectivity index (χ1v) is 26.9. The standard InChI is InChI=1S/3C18H36O2.Li.Mg/c3*1-2-3-4-5-6-7-8-9-10-11-12-13-14-15-16-17-18(19)20;;/h3*2-17H2,1H3,(H,19,20);;/q;;;+1;+2/p-3. The van der Waals surface area contributed by atoms with Crippen molar-refractivity contribution in [2.45, 2.75) is 329 Å². The van der Waals surface area contributed by atoms with Crippen molar-refractivity contribution in [1.82, 2.24) is 0 Å². The molecule has 0 atom stereocenters. The van der Waals surface area contributed by atoms with Gasteiger partial charge >= 0.3 is 41.9 Å². The summed E-state index contributed by atoms with van der Waals surface area (Å²) in [6.07, 6.45) is 59.6. The van der Waals surface area contributed by atoms with E-state index < -0.39 is 17.9 Å². The molecule has 6 nitrogen and oxygen atoms in total. The minimum Gasteiger partial charge on any atom is -0.550 e. The third-order valence-corrected chi connectivity index (χ3v) is 12.0. The van der Waals surface area contributed by atoms with Crippen molar-refractivity contribution in [3.63, 3.8) is 0 Å². The van der Waals surface area contributed by atoms with E-state index in [4.69, 9.17) is 0 Å². The first-order valence-electron chi connectivity index (χ1n) is 26.9. The minimum absolute atomic E-state index is 0. The zero-order valence-corrected chi connectivity index (χ0v) is 44.0. The predicted octanol–water partition coefficient (Wildman–Crippen LogP) is 11.6. The summed E-state index contributed by atoms with van der Waals surface area (Å²) in [6, 6.07) is 0. The number of carbonyl (C=O) groups excluding carboxylic acids is 3. The van der Waals surface area contributed by atoms with Gasteiger partial charge in [0.1, 0.15) is 0 Å². The van der Waals surface area contributed by atoms with Crippen molar-refractivity contribution in [1.29, 1.82) is 0 Å². The molecule has 0 heterocycles. The van der Waals surface area contributed by atoms with E-state index in [2.05, 4.69) is 20.8 Å². The number of rotatable bonds is 48. The van der Waals surface area contributed by atoms with Gasteiger partial charge in [-0.15, -0.1) is 0 Å². The Balaban J connectivity index is -0.000000258. The Morgan fingerprint density at radius 1 is 0.226 bits per heavy atom. The second-order valence-electron chi connectivity index (χ2n) is 18.2. The summed E-state index contributed by atoms with van der Waals surface area (Å²) >= 11 is 0. The molecule has 0 aliphatic rings. The molecule has 0 aromatic carbocycles. The molecule has 8 heteroatoms. The number of carbonyl (C=O) groups is 3. The zero-order chi connectivity index (χ0) is 44.7. The first-order chi connectivity index (χ1) is 29.3. The van der Waals surface area contributed by atoms with Crippen LogP contribution in [-0.4, -0.2) is 41.0 Å². The van der Waals surface area contributed by atoms with E-state index in [1.54, 1.807) is 0 Å². The normalized spacial score (nSPS) is 10.5. The molecule has 0 fully saturated rings. The Morgan fingerprint density at radius 3 is 0.419 bits per heavy atom. The van der Waals surface area contributed by atoms with Gasteiger partial charge in [0.05, 0.1) is 0 Å². The van der Waals surface area contributed by atoms with Crippen LogP contribution in [0.4, 0.5) is 0 Å². The molecule has 0 bridgehead atoms. The van der Waals surface area contributed by atoms with Gasteiger partial charge < -0.3 is 29.7 Å². The third kappa shape index (κ3) is 80.1. The molecule has 0 saturated heterocycles. The van der Waals surface area contributed by atoms with Crippen molar-refractivity contribution in [2.75, 3.05) is 0 Å². The van der Waals surface area contributed by atoms with Crippen LogP contribution in [0.25, 0.3) is 0 Å². The second-order valence-corrected chi connectivity index (χ2v) is 18.2. The quantitative estimate of drug-likeness (QED) is 0.0443. The number of hydrogen-bond acceptors (Lipinski definition) is 6. The summed E-state index contributed by atoms with van der Waals surface area (Å²) in [4.78, 5) is 30.7. The summed E-state index contributed by atoms with van der Waals surface area (Å²) in [5, 5.41) is 30.7. The van der Waals surface area contributed by atoms with Crippen LogP contribution in [0.2, 0.25) is 0 Å². The summed E-state index contributed by atoms with van der Waals surface area (Å²) < 4.78 is 0. The first kappa shape index (κ1) is 70.8. The Kier molecular flexibility index (Phi) is 76.9. The molecular weight excluding hydrogens is 776 g/mol. The van der Waals surface area contributed by atoms with E-state index in [1.165, 1.54) is 250 Å². The zero-order valence-electron chi connectivity index (χ0n) is 42.6. The van der Waals surface area contributed by atoms with Gasteiger partial charge in [-0.2, -0.15) is 0 Å². The number of carboxylic acids is 3. The molecule has 0 unspecified atom stereocenters. The fourth-order valence-electron chi connectivity index (χ4n) is 7.92. The summed E-state index contributed by atoms with van der Waals surface area (Å²) in [6.45, 7) is 6.80. The summed E-state index contributed by atoms with van der Waals surface area (Å²) in [7, 11) is 0. The van der Waals surface area contributed by atoms with Crippen molar-refractivity contribution in [2.24, 2.45) is 0 Å². The number of aliphatic carboxylic acids is 3. The van der Waals surface area contributed by atoms with Crippen LogP contribution in [0.5, 0.6) is 0 Å². The minimum atomic E-state index is -0.903. The van der Waals surface area contributed by atoms with Gasteiger partial charge in [0.25, 0.3) is 0 Å². The van der Waals surface area contributed by atoms with Gasteiger partial charge in [-0.3, -0.25) is 0 Å². The number of carboxylic acid groups (broad SMARTS) is 3. The smallest absolute Gasteiger partial charge is 0.550 e. The molecule has 0 aromatic heterocycles. The topological polar surface area (TPSA) is 120 Å². The van der Waals surface area contributed by atoms with E-state index in [0.717, 1.165) is 38.5 Å². The van der Waals surface area contributed by atoms with Gasteiger partial charge in [-0.1, -0.05) is 290 Å². The third-order valence-electron chi connectivity index (χ3n) is 12.0. The Hall–Kier alpha value is -0.226. The van der Waals surface area contributed by atoms with Crippen LogP contribution >= 0.6 is 0 Å². The maximum Gasteiger partial charge on any atom is 2.00 e. The van der Waals surface area contributed by atoms with Crippen LogP contribution in [0, 0.1) is 0 Å². The molecule has 0 aliphatic carbocycles. The maximum absolute atomic E-state index is 10.2. The summed E-state index contributed by atoms with van der Waals surface area (Å²) in [5.74, 6) is -2.71. The number of unbranched alkanes of at least 4 members (excludes halogenated alkanes) is 42. The Bertz CT molecular complexity index is 724. The van der Waals surface area contributed by atoms with E-state index in [0.29, 0.717) is 0 Å². The van der Waals surface area contributed by atoms with Crippen LogP contribution in [0.15, 0.2) is 0 Å². The van der Waals surface area contributed by atoms with Gasteiger partial charge in [0.15, 0.2) is 0 Å². The van der Waals surface area contributed by atoms with Crippen molar-refractivity contribution >= 4 is 41.0 Å². The van der Waals surface area contributed by atoms with Crippen molar-refractivity contribution in [3.8, 4) is 0 Å². The molecule has 0 saturated carbocycles. The molecule has 0 aliphatic heterocycles. The van der Waals surface area contributed by atoms with Crippen molar-refractivity contribution in [3.05, 3.63) is 0 Å². The van der Waals surface area contributed by atoms with E-state index in [-0.39, 0.29) is 61.2 Å². The van der Waals surface area contributed by atoms with E-state index in [9.17, 15) is 29.7 Å². The Labute approximate surface area is 416 Å². The maximum atomic E-state index is 10.2. The molecule has 0 N–H and O–H groups in total. The van der Waals surface area contributed by atoms with Crippen molar-refractivity contribution < 1.29 is 48.6 Å². The van der Waals surface area contributed by atoms with Gasteiger partial charge in [-0.05, 0) is 38.5 Å². The SMILES string of the molecule is CCCCCCCCCCCCCCCCCC(=O)[O-].CCCCCCCCCCCCCCCCCC(=O)[O-].CCCCCCCCCCCCCCCCCC(=O)[O-].[Li+].[Mg+2]. The molecule has 0 radical (unpaired) electrons. The predicted molar refractivity (Wildman–Crippen MR) is 259 cm³/mol. The number of hydrogen-bond donors (Lipinski definition) is 0. The van der Waals surface area contributed by atoms with Crippen LogP contribution in [0.1, 0.15) is 329 Å². The molecule has 360 valence electrons. The average Bonchev–Trinajstić information content (AvgIpc) is 3.22. The van der Waals surface area contributed by atoms with Gasteiger partial charge in [0, 0.05) is 17.9 Å².